The topological polar surface area (TPSA) is 41.6 Å². The molecule has 0 spiro atoms. The van der Waals surface area contributed by atoms with Gasteiger partial charge in [-0.25, -0.2) is 0 Å². The van der Waals surface area contributed by atoms with E-state index in [1.54, 1.807) is 0 Å². The lowest BCUT2D eigenvalue weighted by molar-refractivity contribution is -0.148. The van der Waals surface area contributed by atoms with Gasteiger partial charge in [0.2, 0.25) is 0 Å². The van der Waals surface area contributed by atoms with Crippen molar-refractivity contribution in [2.75, 3.05) is 27.2 Å². The lowest BCUT2D eigenvalue weighted by atomic mass is 9.92. The molecule has 1 saturated carbocycles. The number of methoxy groups -OCH3 is 1. The molecule has 106 valence electrons. The summed E-state index contributed by atoms with van der Waals surface area (Å²) in [5.74, 6) is -0.174. The van der Waals surface area contributed by atoms with E-state index in [0.717, 1.165) is 6.54 Å². The number of carbonyl (C=O) groups excluding carboxylic acids is 1. The molecule has 4 nitrogen and oxygen atoms in total. The molecule has 0 bridgehead atoms. The molecule has 0 aromatic heterocycles. The zero-order valence-corrected chi connectivity index (χ0v) is 12.3. The minimum absolute atomic E-state index is 0.174. The molecular weight excluding hydrogens is 228 g/mol. The number of ether oxygens (including phenoxy) is 1. The van der Waals surface area contributed by atoms with Gasteiger partial charge in [0.05, 0.1) is 7.11 Å². The van der Waals surface area contributed by atoms with Crippen molar-refractivity contribution in [2.24, 2.45) is 0 Å². The minimum Gasteiger partial charge on any atom is -0.468 e. The molecule has 1 aliphatic carbocycles. The molecule has 4 heteroatoms. The first-order valence-corrected chi connectivity index (χ1v) is 7.07. The highest BCUT2D eigenvalue weighted by molar-refractivity contribution is 5.80. The molecule has 0 aromatic carbocycles. The Hall–Kier alpha value is -0.610. The van der Waals surface area contributed by atoms with E-state index in [0.29, 0.717) is 12.6 Å². The summed E-state index contributed by atoms with van der Waals surface area (Å²) in [4.78, 5) is 14.2. The molecule has 1 rings (SSSR count). The van der Waals surface area contributed by atoms with E-state index < -0.39 is 5.54 Å². The van der Waals surface area contributed by atoms with E-state index in [9.17, 15) is 4.79 Å². The van der Waals surface area contributed by atoms with Gasteiger partial charge in [0.15, 0.2) is 0 Å². The maximum Gasteiger partial charge on any atom is 0.327 e. The summed E-state index contributed by atoms with van der Waals surface area (Å²) in [6.07, 6.45) is 6.47. The summed E-state index contributed by atoms with van der Waals surface area (Å²) in [7, 11) is 3.58. The van der Waals surface area contributed by atoms with Crippen LogP contribution in [0.3, 0.4) is 0 Å². The Morgan fingerprint density at radius 1 is 1.39 bits per heavy atom. The number of likely N-dealkylation sites (N-methyl/N-ethyl adjacent to an activating group) is 2. The zero-order chi connectivity index (χ0) is 13.6. The molecule has 18 heavy (non-hydrogen) atoms. The van der Waals surface area contributed by atoms with E-state index in [2.05, 4.69) is 17.3 Å². The molecule has 1 N–H and O–H groups in total. The standard InChI is InChI=1S/C14H28N2O2/c1-5-15-14(2,13(17)18-4)11-16(3)12-9-7-6-8-10-12/h12,15H,5-11H2,1-4H3. The summed E-state index contributed by atoms with van der Waals surface area (Å²) >= 11 is 0. The van der Waals surface area contributed by atoms with Crippen LogP contribution in [-0.2, 0) is 9.53 Å². The number of nitrogens with zero attached hydrogens (tertiary/aromatic N) is 1. The minimum atomic E-state index is -0.601. The van der Waals surface area contributed by atoms with Crippen LogP contribution in [0.15, 0.2) is 0 Å². The summed E-state index contributed by atoms with van der Waals surface area (Å²) in [6, 6.07) is 0.612. The third kappa shape index (κ3) is 3.95. The molecule has 0 heterocycles. The van der Waals surface area contributed by atoms with Crippen LogP contribution in [-0.4, -0.2) is 49.7 Å². The van der Waals surface area contributed by atoms with Gasteiger partial charge >= 0.3 is 5.97 Å². The maximum absolute atomic E-state index is 11.9. The molecule has 0 saturated heterocycles. The van der Waals surface area contributed by atoms with Crippen LogP contribution >= 0.6 is 0 Å². The second kappa shape index (κ2) is 7.10. The number of hydrogen-bond donors (Lipinski definition) is 1. The second-order valence-corrected chi connectivity index (χ2v) is 5.56. The highest BCUT2D eigenvalue weighted by atomic mass is 16.5. The molecule has 1 fully saturated rings. The lowest BCUT2D eigenvalue weighted by Gasteiger charge is -2.37. The summed E-state index contributed by atoms with van der Waals surface area (Å²) in [5, 5.41) is 3.26. The van der Waals surface area contributed by atoms with Gasteiger partial charge in [0.25, 0.3) is 0 Å². The van der Waals surface area contributed by atoms with Gasteiger partial charge in [0, 0.05) is 12.6 Å². The Kier molecular flexibility index (Phi) is 6.09. The highest BCUT2D eigenvalue weighted by Crippen LogP contribution is 2.23. The third-order valence-corrected chi connectivity index (χ3v) is 3.97. The molecular formula is C14H28N2O2. The molecule has 0 aliphatic heterocycles. The van der Waals surface area contributed by atoms with Crippen molar-refractivity contribution >= 4 is 5.97 Å². The highest BCUT2D eigenvalue weighted by Gasteiger charge is 2.36. The van der Waals surface area contributed by atoms with Crippen LogP contribution in [0.25, 0.3) is 0 Å². The first-order valence-electron chi connectivity index (χ1n) is 7.07. The van der Waals surface area contributed by atoms with Crippen molar-refractivity contribution < 1.29 is 9.53 Å². The number of hydrogen-bond acceptors (Lipinski definition) is 4. The van der Waals surface area contributed by atoms with Gasteiger partial charge in [-0.2, -0.15) is 0 Å². The first-order chi connectivity index (χ1) is 8.53. The normalized spacial score (nSPS) is 20.7. The monoisotopic (exact) mass is 256 g/mol. The van der Waals surface area contributed by atoms with Crippen molar-refractivity contribution in [3.05, 3.63) is 0 Å². The first kappa shape index (κ1) is 15.4. The Bertz CT molecular complexity index is 265. The number of esters is 1. The van der Waals surface area contributed by atoms with Crippen molar-refractivity contribution in [3.63, 3.8) is 0 Å². The molecule has 0 aromatic rings. The predicted octanol–water partition coefficient (Wildman–Crippen LogP) is 1.79. The fourth-order valence-electron chi connectivity index (χ4n) is 2.96. The van der Waals surface area contributed by atoms with Crippen LogP contribution in [0.1, 0.15) is 46.0 Å². The van der Waals surface area contributed by atoms with Gasteiger partial charge in [-0.1, -0.05) is 26.2 Å². The van der Waals surface area contributed by atoms with Crippen LogP contribution in [0.5, 0.6) is 0 Å². The lowest BCUT2D eigenvalue weighted by Crippen LogP contribution is -2.58. The Labute approximate surface area is 111 Å². The quantitative estimate of drug-likeness (QED) is 0.736. The fourth-order valence-corrected chi connectivity index (χ4v) is 2.96. The second-order valence-electron chi connectivity index (χ2n) is 5.56. The van der Waals surface area contributed by atoms with Crippen LogP contribution in [0.4, 0.5) is 0 Å². The largest absolute Gasteiger partial charge is 0.468 e. The average molecular weight is 256 g/mol. The van der Waals surface area contributed by atoms with Crippen molar-refractivity contribution in [2.45, 2.75) is 57.5 Å². The van der Waals surface area contributed by atoms with E-state index >= 15 is 0 Å². The summed E-state index contributed by atoms with van der Waals surface area (Å²) in [6.45, 7) is 5.42. The van der Waals surface area contributed by atoms with Crippen molar-refractivity contribution in [1.82, 2.24) is 10.2 Å². The number of rotatable bonds is 6. The van der Waals surface area contributed by atoms with Crippen molar-refractivity contribution in [1.29, 1.82) is 0 Å². The molecule has 1 atom stereocenters. The van der Waals surface area contributed by atoms with E-state index in [-0.39, 0.29) is 5.97 Å². The Morgan fingerprint density at radius 2 is 2.00 bits per heavy atom. The van der Waals surface area contributed by atoms with Crippen LogP contribution in [0.2, 0.25) is 0 Å². The fraction of sp³-hybridized carbons (Fsp3) is 0.929. The Morgan fingerprint density at radius 3 is 2.50 bits per heavy atom. The predicted molar refractivity (Wildman–Crippen MR) is 73.6 cm³/mol. The van der Waals surface area contributed by atoms with Gasteiger partial charge < -0.3 is 15.0 Å². The van der Waals surface area contributed by atoms with E-state index in [1.165, 1.54) is 39.2 Å². The van der Waals surface area contributed by atoms with E-state index in [1.807, 2.05) is 13.8 Å². The maximum atomic E-state index is 11.9. The van der Waals surface area contributed by atoms with Gasteiger partial charge in [-0.05, 0) is 33.4 Å². The smallest absolute Gasteiger partial charge is 0.327 e. The Balaban J connectivity index is 2.61. The third-order valence-electron chi connectivity index (χ3n) is 3.97. The molecule has 0 amide bonds. The average Bonchev–Trinajstić information content (AvgIpc) is 2.39. The SMILES string of the molecule is CCNC(C)(CN(C)C1CCCCC1)C(=O)OC. The number of carbonyl (C=O) groups is 1. The van der Waals surface area contributed by atoms with Gasteiger partial charge in [-0.3, -0.25) is 4.79 Å². The van der Waals surface area contributed by atoms with E-state index in [4.69, 9.17) is 4.74 Å². The van der Waals surface area contributed by atoms with Gasteiger partial charge in [-0.15, -0.1) is 0 Å². The molecule has 1 aliphatic rings. The summed E-state index contributed by atoms with van der Waals surface area (Å²) in [5.41, 5.74) is -0.601. The van der Waals surface area contributed by atoms with Gasteiger partial charge in [0.1, 0.15) is 5.54 Å². The van der Waals surface area contributed by atoms with Crippen molar-refractivity contribution in [3.8, 4) is 0 Å². The summed E-state index contributed by atoms with van der Waals surface area (Å²) < 4.78 is 4.93. The number of nitrogens with one attached hydrogen (secondary N) is 1. The van der Waals surface area contributed by atoms with Crippen LogP contribution in [0, 0.1) is 0 Å². The molecule has 0 radical (unpaired) electrons. The molecule has 1 unspecified atom stereocenters. The zero-order valence-electron chi connectivity index (χ0n) is 12.3. The van der Waals surface area contributed by atoms with Crippen LogP contribution < -0.4 is 5.32 Å².